The maximum Gasteiger partial charge on any atom is 0.285 e. The summed E-state index contributed by atoms with van der Waals surface area (Å²) < 4.78 is 0. The lowest BCUT2D eigenvalue weighted by Gasteiger charge is -2.29. The smallest absolute Gasteiger partial charge is 0.285 e. The molecule has 2 N–H and O–H groups in total. The van der Waals surface area contributed by atoms with Crippen LogP contribution < -0.4 is 5.73 Å². The van der Waals surface area contributed by atoms with Gasteiger partial charge in [-0.2, -0.15) is 0 Å². The number of nitrogens with two attached hydrogens (primary N) is 1. The summed E-state index contributed by atoms with van der Waals surface area (Å²) in [6.45, 7) is 5.43. The molecule has 17 heavy (non-hydrogen) atoms. The van der Waals surface area contributed by atoms with E-state index in [1.165, 1.54) is 0 Å². The minimum Gasteiger partial charge on any atom is -0.374 e. The van der Waals surface area contributed by atoms with E-state index in [4.69, 9.17) is 5.73 Å². The molecular formula is C10H19N5OS. The zero-order valence-electron chi connectivity index (χ0n) is 10.7. The zero-order chi connectivity index (χ0) is 13.0. The van der Waals surface area contributed by atoms with Gasteiger partial charge in [0.05, 0.1) is 0 Å². The Morgan fingerprint density at radius 2 is 2.12 bits per heavy atom. The summed E-state index contributed by atoms with van der Waals surface area (Å²) in [7, 11) is 3.97. The molecule has 0 spiro atoms. The van der Waals surface area contributed by atoms with Gasteiger partial charge < -0.3 is 15.5 Å². The molecule has 0 fully saturated rings. The Labute approximate surface area is 105 Å². The molecule has 7 heteroatoms. The van der Waals surface area contributed by atoms with Gasteiger partial charge in [0.15, 0.2) is 0 Å². The molecule has 1 unspecified atom stereocenters. The minimum absolute atomic E-state index is 0.101. The van der Waals surface area contributed by atoms with Crippen LogP contribution in [0.25, 0.3) is 0 Å². The normalized spacial score (nSPS) is 12.8. The summed E-state index contributed by atoms with van der Waals surface area (Å²) in [5.41, 5.74) is 5.48. The lowest BCUT2D eigenvalue weighted by Crippen LogP contribution is -2.43. The van der Waals surface area contributed by atoms with Gasteiger partial charge in [-0.25, -0.2) is 0 Å². The summed E-state index contributed by atoms with van der Waals surface area (Å²) in [6, 6.07) is 0.132. The van der Waals surface area contributed by atoms with Gasteiger partial charge in [0, 0.05) is 19.1 Å². The van der Waals surface area contributed by atoms with Crippen LogP contribution in [0.3, 0.4) is 0 Å². The Morgan fingerprint density at radius 1 is 1.47 bits per heavy atom. The van der Waals surface area contributed by atoms with Gasteiger partial charge in [-0.05, 0) is 27.9 Å². The molecule has 0 aliphatic rings. The molecule has 1 aromatic rings. The highest BCUT2D eigenvalue weighted by atomic mass is 32.1. The van der Waals surface area contributed by atoms with Crippen LogP contribution in [0.2, 0.25) is 0 Å². The van der Waals surface area contributed by atoms with Crippen LogP contribution in [0.5, 0.6) is 0 Å². The molecule has 1 atom stereocenters. The lowest BCUT2D eigenvalue weighted by atomic mass is 10.2. The number of anilines is 1. The van der Waals surface area contributed by atoms with E-state index >= 15 is 0 Å². The van der Waals surface area contributed by atoms with E-state index in [-0.39, 0.29) is 11.9 Å². The zero-order valence-corrected chi connectivity index (χ0v) is 11.5. The molecule has 0 saturated carbocycles. The number of carbonyl (C=O) groups is 1. The summed E-state index contributed by atoms with van der Waals surface area (Å²) in [6.07, 6.45) is 0. The third-order valence-electron chi connectivity index (χ3n) is 2.39. The molecule has 0 bridgehead atoms. The van der Waals surface area contributed by atoms with Crippen molar-refractivity contribution in [2.45, 2.75) is 19.9 Å². The van der Waals surface area contributed by atoms with E-state index in [2.05, 4.69) is 15.1 Å². The van der Waals surface area contributed by atoms with Crippen molar-refractivity contribution in [1.29, 1.82) is 0 Å². The molecule has 0 aliphatic heterocycles. The van der Waals surface area contributed by atoms with Crippen molar-refractivity contribution in [3.8, 4) is 0 Å². The molecule has 1 heterocycles. The first-order chi connectivity index (χ1) is 7.95. The predicted molar refractivity (Wildman–Crippen MR) is 69.0 cm³/mol. The van der Waals surface area contributed by atoms with Crippen LogP contribution in [0.4, 0.5) is 5.13 Å². The monoisotopic (exact) mass is 257 g/mol. The van der Waals surface area contributed by atoms with Crippen LogP contribution >= 0.6 is 11.3 Å². The van der Waals surface area contributed by atoms with Crippen molar-refractivity contribution in [3.05, 3.63) is 5.01 Å². The topological polar surface area (TPSA) is 75.3 Å². The van der Waals surface area contributed by atoms with Gasteiger partial charge in [-0.15, -0.1) is 10.2 Å². The molecule has 0 radical (unpaired) electrons. The Morgan fingerprint density at radius 3 is 2.53 bits per heavy atom. The molecule has 0 aromatic carbocycles. The van der Waals surface area contributed by atoms with Crippen LogP contribution in [0.1, 0.15) is 23.6 Å². The van der Waals surface area contributed by atoms with Gasteiger partial charge in [0.2, 0.25) is 10.1 Å². The quantitative estimate of drug-likeness (QED) is 0.833. The highest BCUT2D eigenvalue weighted by Gasteiger charge is 2.23. The van der Waals surface area contributed by atoms with Gasteiger partial charge in [0.25, 0.3) is 5.91 Å². The largest absolute Gasteiger partial charge is 0.374 e. The fourth-order valence-electron chi connectivity index (χ4n) is 1.73. The second-order valence-electron chi connectivity index (χ2n) is 4.15. The van der Waals surface area contributed by atoms with Crippen LogP contribution in [0.15, 0.2) is 0 Å². The van der Waals surface area contributed by atoms with Gasteiger partial charge in [-0.3, -0.25) is 4.79 Å². The second-order valence-corrected chi connectivity index (χ2v) is 5.16. The van der Waals surface area contributed by atoms with Crippen LogP contribution in [0, 0.1) is 0 Å². The number of amides is 1. The number of rotatable bonds is 5. The Kier molecular flexibility index (Phi) is 4.83. The standard InChI is InChI=1S/C10H19N5OS/c1-5-15(7(2)6-14(3)4)9(16)8-12-13-10(11)17-8/h7H,5-6H2,1-4H3,(H2,11,13). The maximum absolute atomic E-state index is 12.2. The lowest BCUT2D eigenvalue weighted by molar-refractivity contribution is 0.0678. The molecule has 0 aliphatic carbocycles. The van der Waals surface area contributed by atoms with Crippen molar-refractivity contribution in [2.75, 3.05) is 32.9 Å². The van der Waals surface area contributed by atoms with E-state index in [0.717, 1.165) is 17.9 Å². The average molecular weight is 257 g/mol. The third-order valence-corrected chi connectivity index (χ3v) is 3.13. The first-order valence-electron chi connectivity index (χ1n) is 5.50. The van der Waals surface area contributed by atoms with Crippen LogP contribution in [-0.4, -0.2) is 59.1 Å². The Bertz CT molecular complexity index is 379. The van der Waals surface area contributed by atoms with E-state index in [1.807, 2.05) is 27.9 Å². The summed E-state index contributed by atoms with van der Waals surface area (Å²) in [5, 5.41) is 8.13. The van der Waals surface area contributed by atoms with E-state index < -0.39 is 0 Å². The molecule has 6 nitrogen and oxygen atoms in total. The molecule has 1 aromatic heterocycles. The van der Waals surface area contributed by atoms with Crippen LogP contribution in [-0.2, 0) is 0 Å². The highest BCUT2D eigenvalue weighted by Crippen LogP contribution is 2.15. The van der Waals surface area contributed by atoms with Gasteiger partial charge >= 0.3 is 0 Å². The van der Waals surface area contributed by atoms with Crippen molar-refractivity contribution < 1.29 is 4.79 Å². The number of nitrogen functional groups attached to an aromatic ring is 1. The number of likely N-dealkylation sites (N-methyl/N-ethyl adjacent to an activating group) is 2. The van der Waals surface area contributed by atoms with Crippen molar-refractivity contribution >= 4 is 22.4 Å². The number of carbonyl (C=O) groups excluding carboxylic acids is 1. The van der Waals surface area contributed by atoms with Gasteiger partial charge in [0.1, 0.15) is 0 Å². The fraction of sp³-hybridized carbons (Fsp3) is 0.700. The number of hydrogen-bond donors (Lipinski definition) is 1. The van der Waals surface area contributed by atoms with Crippen molar-refractivity contribution in [2.24, 2.45) is 0 Å². The van der Waals surface area contributed by atoms with E-state index in [9.17, 15) is 4.79 Å². The van der Waals surface area contributed by atoms with Gasteiger partial charge in [-0.1, -0.05) is 11.3 Å². The number of aromatic nitrogens is 2. The SMILES string of the molecule is CCN(C(=O)c1nnc(N)s1)C(C)CN(C)C. The average Bonchev–Trinajstić information content (AvgIpc) is 2.64. The first-order valence-corrected chi connectivity index (χ1v) is 6.32. The van der Waals surface area contributed by atoms with E-state index in [0.29, 0.717) is 16.7 Å². The summed E-state index contributed by atoms with van der Waals surface area (Å²) >= 11 is 1.13. The Balaban J connectivity index is 2.76. The molecule has 96 valence electrons. The maximum atomic E-state index is 12.2. The van der Waals surface area contributed by atoms with Crippen molar-refractivity contribution in [3.63, 3.8) is 0 Å². The molecule has 0 saturated heterocycles. The molecule has 1 rings (SSSR count). The predicted octanol–water partition coefficient (Wildman–Crippen LogP) is 0.532. The van der Waals surface area contributed by atoms with E-state index in [1.54, 1.807) is 4.90 Å². The third kappa shape index (κ3) is 3.64. The minimum atomic E-state index is -0.101. The molecular weight excluding hydrogens is 238 g/mol. The summed E-state index contributed by atoms with van der Waals surface area (Å²) in [5.74, 6) is -0.101. The highest BCUT2D eigenvalue weighted by molar-refractivity contribution is 7.16. The number of nitrogens with zero attached hydrogens (tertiary/aromatic N) is 4. The number of hydrogen-bond acceptors (Lipinski definition) is 6. The molecule has 1 amide bonds. The Hall–Kier alpha value is -1.21. The van der Waals surface area contributed by atoms with Crippen molar-refractivity contribution in [1.82, 2.24) is 20.0 Å². The fourth-order valence-corrected chi connectivity index (χ4v) is 2.29. The second kappa shape index (κ2) is 5.92. The first kappa shape index (κ1) is 13.9. The summed E-state index contributed by atoms with van der Waals surface area (Å²) in [4.78, 5) is 16.0.